The molecule has 0 bridgehead atoms. The van der Waals surface area contributed by atoms with E-state index in [1.807, 2.05) is 7.05 Å². The molecule has 2 heteroatoms. The van der Waals surface area contributed by atoms with Crippen LogP contribution in [0.25, 0.3) is 0 Å². The van der Waals surface area contributed by atoms with Gasteiger partial charge in [0.15, 0.2) is 0 Å². The summed E-state index contributed by atoms with van der Waals surface area (Å²) >= 11 is 0. The van der Waals surface area contributed by atoms with Crippen LogP contribution in [0, 0.1) is 5.92 Å². The Morgan fingerprint density at radius 1 is 1.29 bits per heavy atom. The van der Waals surface area contributed by atoms with Crippen molar-refractivity contribution >= 4 is 0 Å². The highest BCUT2D eigenvalue weighted by atomic mass is 15.1. The van der Waals surface area contributed by atoms with Crippen LogP contribution >= 0.6 is 0 Å². The van der Waals surface area contributed by atoms with Gasteiger partial charge in [-0.25, -0.2) is 0 Å². The minimum Gasteiger partial charge on any atom is -0.316 e. The second-order valence-electron chi connectivity index (χ2n) is 5.28. The van der Waals surface area contributed by atoms with Crippen molar-refractivity contribution in [3.8, 4) is 0 Å². The van der Waals surface area contributed by atoms with Gasteiger partial charge in [0, 0.05) is 19.6 Å². The Morgan fingerprint density at radius 3 is 2.76 bits per heavy atom. The summed E-state index contributed by atoms with van der Waals surface area (Å²) in [6.45, 7) is 6.97. The molecule has 0 aliphatic carbocycles. The molecule has 1 atom stereocenters. The summed E-state index contributed by atoms with van der Waals surface area (Å²) in [5.74, 6) is 0.861. The fourth-order valence-corrected chi connectivity index (χ4v) is 2.75. The molecule has 1 aromatic rings. The van der Waals surface area contributed by atoms with Crippen LogP contribution in [0.1, 0.15) is 30.9 Å². The summed E-state index contributed by atoms with van der Waals surface area (Å²) in [5.41, 5.74) is 2.92. The predicted molar refractivity (Wildman–Crippen MR) is 72.9 cm³/mol. The lowest BCUT2D eigenvalue weighted by molar-refractivity contribution is 0.176. The summed E-state index contributed by atoms with van der Waals surface area (Å²) in [6, 6.07) is 8.79. The number of benzene rings is 1. The number of likely N-dealkylation sites (tertiary alicyclic amines) is 1. The smallest absolute Gasteiger partial charge is 0.0237 e. The van der Waals surface area contributed by atoms with E-state index in [4.69, 9.17) is 0 Å². The standard InChI is InChI=1S/C15H24N2/c1-13-6-5-9-17(11-13)12-15-8-4-3-7-14(15)10-16-2/h3-4,7-8,13,16H,5-6,9-12H2,1-2H3. The maximum absolute atomic E-state index is 3.25. The Bertz CT molecular complexity index is 349. The summed E-state index contributed by atoms with van der Waals surface area (Å²) in [6.07, 6.45) is 2.75. The molecular weight excluding hydrogens is 208 g/mol. The van der Waals surface area contributed by atoms with Gasteiger partial charge in [-0.3, -0.25) is 4.90 Å². The van der Waals surface area contributed by atoms with E-state index in [1.165, 1.54) is 37.1 Å². The van der Waals surface area contributed by atoms with Crippen molar-refractivity contribution < 1.29 is 0 Å². The quantitative estimate of drug-likeness (QED) is 0.858. The minimum absolute atomic E-state index is 0.861. The highest BCUT2D eigenvalue weighted by Crippen LogP contribution is 2.19. The van der Waals surface area contributed by atoms with E-state index in [1.54, 1.807) is 0 Å². The van der Waals surface area contributed by atoms with Gasteiger partial charge in [0.1, 0.15) is 0 Å². The zero-order valence-corrected chi connectivity index (χ0v) is 11.1. The Kier molecular flexibility index (Phi) is 4.57. The first-order chi connectivity index (χ1) is 8.29. The summed E-state index contributed by atoms with van der Waals surface area (Å²) in [5, 5.41) is 3.25. The average molecular weight is 232 g/mol. The molecule has 1 aliphatic heterocycles. The Hall–Kier alpha value is -0.860. The van der Waals surface area contributed by atoms with Gasteiger partial charge in [0.2, 0.25) is 0 Å². The predicted octanol–water partition coefficient (Wildman–Crippen LogP) is 2.64. The Labute approximate surface area is 105 Å². The number of hydrogen-bond donors (Lipinski definition) is 1. The normalized spacial score (nSPS) is 21.6. The molecule has 1 heterocycles. The van der Waals surface area contributed by atoms with Crippen LogP contribution in [0.4, 0.5) is 0 Å². The number of nitrogens with zero attached hydrogens (tertiary/aromatic N) is 1. The Balaban J connectivity index is 2.01. The largest absolute Gasteiger partial charge is 0.316 e. The molecule has 0 aromatic heterocycles. The van der Waals surface area contributed by atoms with Gasteiger partial charge >= 0.3 is 0 Å². The molecule has 2 nitrogen and oxygen atoms in total. The third kappa shape index (κ3) is 3.55. The highest BCUT2D eigenvalue weighted by Gasteiger charge is 2.16. The van der Waals surface area contributed by atoms with E-state index in [2.05, 4.69) is 41.4 Å². The number of nitrogens with one attached hydrogen (secondary N) is 1. The first kappa shape index (κ1) is 12.6. The fourth-order valence-electron chi connectivity index (χ4n) is 2.75. The molecule has 1 N–H and O–H groups in total. The maximum atomic E-state index is 3.25. The van der Waals surface area contributed by atoms with Crippen molar-refractivity contribution in [2.24, 2.45) is 5.92 Å². The van der Waals surface area contributed by atoms with Crippen molar-refractivity contribution in [2.75, 3.05) is 20.1 Å². The van der Waals surface area contributed by atoms with E-state index < -0.39 is 0 Å². The monoisotopic (exact) mass is 232 g/mol. The molecule has 0 amide bonds. The molecule has 17 heavy (non-hydrogen) atoms. The fraction of sp³-hybridized carbons (Fsp3) is 0.600. The lowest BCUT2D eigenvalue weighted by Crippen LogP contribution is -2.34. The van der Waals surface area contributed by atoms with Crippen LogP contribution in [-0.4, -0.2) is 25.0 Å². The molecule has 1 fully saturated rings. The van der Waals surface area contributed by atoms with Gasteiger partial charge in [-0.2, -0.15) is 0 Å². The van der Waals surface area contributed by atoms with E-state index in [0.717, 1.165) is 19.0 Å². The van der Waals surface area contributed by atoms with Crippen molar-refractivity contribution in [1.29, 1.82) is 0 Å². The molecule has 1 unspecified atom stereocenters. The number of rotatable bonds is 4. The van der Waals surface area contributed by atoms with Crippen LogP contribution in [-0.2, 0) is 13.1 Å². The first-order valence-electron chi connectivity index (χ1n) is 6.73. The second kappa shape index (κ2) is 6.18. The zero-order valence-electron chi connectivity index (χ0n) is 11.1. The van der Waals surface area contributed by atoms with Gasteiger partial charge < -0.3 is 5.32 Å². The molecular formula is C15H24N2. The second-order valence-corrected chi connectivity index (χ2v) is 5.28. The summed E-state index contributed by atoms with van der Waals surface area (Å²) in [4.78, 5) is 2.60. The van der Waals surface area contributed by atoms with Gasteiger partial charge in [0.25, 0.3) is 0 Å². The highest BCUT2D eigenvalue weighted by molar-refractivity contribution is 5.27. The lowest BCUT2D eigenvalue weighted by Gasteiger charge is -2.31. The number of piperidine rings is 1. The lowest BCUT2D eigenvalue weighted by atomic mass is 9.99. The molecule has 0 spiro atoms. The third-order valence-corrected chi connectivity index (χ3v) is 3.62. The van der Waals surface area contributed by atoms with Crippen molar-refractivity contribution in [2.45, 2.75) is 32.9 Å². The van der Waals surface area contributed by atoms with Crippen LogP contribution in [0.2, 0.25) is 0 Å². The SMILES string of the molecule is CNCc1ccccc1CN1CCCC(C)C1. The average Bonchev–Trinajstić information content (AvgIpc) is 2.32. The van der Waals surface area contributed by atoms with Gasteiger partial charge in [-0.15, -0.1) is 0 Å². The maximum Gasteiger partial charge on any atom is 0.0237 e. The molecule has 94 valence electrons. The molecule has 0 saturated carbocycles. The van der Waals surface area contributed by atoms with Crippen LogP contribution in [0.5, 0.6) is 0 Å². The van der Waals surface area contributed by atoms with Crippen molar-refractivity contribution in [3.05, 3.63) is 35.4 Å². The van der Waals surface area contributed by atoms with E-state index in [0.29, 0.717) is 0 Å². The molecule has 1 aromatic carbocycles. The zero-order chi connectivity index (χ0) is 12.1. The summed E-state index contributed by atoms with van der Waals surface area (Å²) < 4.78 is 0. The van der Waals surface area contributed by atoms with Gasteiger partial charge in [-0.05, 0) is 43.5 Å². The molecule has 1 aliphatic rings. The molecule has 1 saturated heterocycles. The van der Waals surface area contributed by atoms with Crippen LogP contribution in [0.3, 0.4) is 0 Å². The first-order valence-corrected chi connectivity index (χ1v) is 6.73. The van der Waals surface area contributed by atoms with E-state index in [9.17, 15) is 0 Å². The van der Waals surface area contributed by atoms with Crippen LogP contribution < -0.4 is 5.32 Å². The number of hydrogen-bond acceptors (Lipinski definition) is 2. The van der Waals surface area contributed by atoms with Crippen LogP contribution in [0.15, 0.2) is 24.3 Å². The third-order valence-electron chi connectivity index (χ3n) is 3.62. The van der Waals surface area contributed by atoms with Crippen molar-refractivity contribution in [1.82, 2.24) is 10.2 Å². The van der Waals surface area contributed by atoms with Gasteiger partial charge in [0.05, 0.1) is 0 Å². The summed E-state index contributed by atoms with van der Waals surface area (Å²) in [7, 11) is 2.01. The minimum atomic E-state index is 0.861. The van der Waals surface area contributed by atoms with Gasteiger partial charge in [-0.1, -0.05) is 31.2 Å². The molecule has 0 radical (unpaired) electrons. The Morgan fingerprint density at radius 2 is 2.06 bits per heavy atom. The van der Waals surface area contributed by atoms with Crippen molar-refractivity contribution in [3.63, 3.8) is 0 Å². The molecule has 2 rings (SSSR count). The topological polar surface area (TPSA) is 15.3 Å². The van der Waals surface area contributed by atoms with E-state index >= 15 is 0 Å². The van der Waals surface area contributed by atoms with E-state index in [-0.39, 0.29) is 0 Å².